The zero-order chi connectivity index (χ0) is 24.6. The van der Waals surface area contributed by atoms with E-state index in [-0.39, 0.29) is 12.1 Å². The van der Waals surface area contributed by atoms with Crippen LogP contribution in [0.25, 0.3) is 0 Å². The van der Waals surface area contributed by atoms with Crippen molar-refractivity contribution in [1.82, 2.24) is 10.0 Å². The maximum absolute atomic E-state index is 12.4. The Labute approximate surface area is 189 Å². The van der Waals surface area contributed by atoms with Gasteiger partial charge in [-0.25, -0.2) is 8.42 Å². The van der Waals surface area contributed by atoms with Crippen LogP contribution in [0.2, 0.25) is 0 Å². The number of benzene rings is 2. The number of ether oxygens (including phenoxy) is 1. The number of nitro benzene ring substituents is 1. The minimum absolute atomic E-state index is 0.0426. The van der Waals surface area contributed by atoms with E-state index in [1.54, 1.807) is 44.4 Å². The van der Waals surface area contributed by atoms with Crippen molar-refractivity contribution in [3.05, 3.63) is 64.2 Å². The van der Waals surface area contributed by atoms with Gasteiger partial charge in [0.1, 0.15) is 12.2 Å². The first-order chi connectivity index (χ1) is 15.5. The van der Waals surface area contributed by atoms with Gasteiger partial charge in [-0.15, -0.1) is 0 Å². The van der Waals surface area contributed by atoms with Crippen molar-refractivity contribution in [3.63, 3.8) is 0 Å². The number of nitro groups is 1. The molecule has 0 aromatic heterocycles. The average Bonchev–Trinajstić information content (AvgIpc) is 2.76. The fourth-order valence-electron chi connectivity index (χ4n) is 2.65. The molecule has 2 N–H and O–H groups in total. The molecule has 0 bridgehead atoms. The summed E-state index contributed by atoms with van der Waals surface area (Å²) in [5.41, 5.74) is 0.460. The smallest absolute Gasteiger partial charge is 0.321 e. The second kappa shape index (κ2) is 11.2. The van der Waals surface area contributed by atoms with Gasteiger partial charge in [-0.3, -0.25) is 29.8 Å². The Morgan fingerprint density at radius 2 is 1.73 bits per heavy atom. The van der Waals surface area contributed by atoms with Gasteiger partial charge < -0.3 is 9.64 Å². The van der Waals surface area contributed by atoms with Gasteiger partial charge in [-0.1, -0.05) is 30.3 Å². The molecule has 2 rings (SSSR count). The van der Waals surface area contributed by atoms with E-state index in [2.05, 4.69) is 10.1 Å². The van der Waals surface area contributed by atoms with Gasteiger partial charge >= 0.3 is 5.97 Å². The lowest BCUT2D eigenvalue weighted by Crippen LogP contribution is -2.37. The predicted molar refractivity (Wildman–Crippen MR) is 117 cm³/mol. The van der Waals surface area contributed by atoms with Crippen molar-refractivity contribution in [2.24, 2.45) is 0 Å². The molecule has 2 aromatic carbocycles. The van der Waals surface area contributed by atoms with E-state index in [0.29, 0.717) is 5.56 Å². The van der Waals surface area contributed by atoms with Crippen molar-refractivity contribution in [2.75, 3.05) is 32.1 Å². The van der Waals surface area contributed by atoms with E-state index < -0.39 is 56.5 Å². The van der Waals surface area contributed by atoms with Gasteiger partial charge in [-0.05, 0) is 17.7 Å². The Morgan fingerprint density at radius 3 is 2.33 bits per heavy atom. The van der Waals surface area contributed by atoms with Gasteiger partial charge in [0.2, 0.25) is 15.9 Å². The van der Waals surface area contributed by atoms with Crippen molar-refractivity contribution in [3.8, 4) is 0 Å². The second-order valence-electron chi connectivity index (χ2n) is 6.92. The summed E-state index contributed by atoms with van der Waals surface area (Å²) in [4.78, 5) is 46.9. The van der Waals surface area contributed by atoms with E-state index in [1.165, 1.54) is 11.0 Å². The summed E-state index contributed by atoms with van der Waals surface area (Å²) in [7, 11) is -1.14. The molecule has 0 aliphatic heterocycles. The summed E-state index contributed by atoms with van der Waals surface area (Å²) in [6.07, 6.45) is -0.0426. The van der Waals surface area contributed by atoms with Crippen LogP contribution in [0.1, 0.15) is 5.56 Å². The number of nitrogens with zero attached hydrogens (tertiary/aromatic N) is 2. The van der Waals surface area contributed by atoms with E-state index >= 15 is 0 Å². The molecule has 2 amide bonds. The first kappa shape index (κ1) is 25.4. The summed E-state index contributed by atoms with van der Waals surface area (Å²) >= 11 is 0. The Bertz CT molecular complexity index is 1150. The van der Waals surface area contributed by atoms with E-state index in [1.807, 2.05) is 4.72 Å². The molecule has 33 heavy (non-hydrogen) atoms. The number of amides is 2. The number of rotatable bonds is 10. The lowest BCUT2D eigenvalue weighted by molar-refractivity contribution is -0.384. The number of esters is 1. The lowest BCUT2D eigenvalue weighted by Gasteiger charge is -2.13. The quantitative estimate of drug-likeness (QED) is 0.279. The largest absolute Gasteiger partial charge is 0.455 e. The van der Waals surface area contributed by atoms with Crippen molar-refractivity contribution >= 4 is 39.2 Å². The molecule has 0 aliphatic carbocycles. The molecule has 0 spiro atoms. The number of imide groups is 1. The van der Waals surface area contributed by atoms with Crippen LogP contribution in [0.3, 0.4) is 0 Å². The monoisotopic (exact) mass is 478 g/mol. The summed E-state index contributed by atoms with van der Waals surface area (Å²) < 4.78 is 31.3. The van der Waals surface area contributed by atoms with Crippen molar-refractivity contribution < 1.29 is 32.5 Å². The molecule has 0 saturated heterocycles. The third-order valence-electron chi connectivity index (χ3n) is 4.19. The van der Waals surface area contributed by atoms with Gasteiger partial charge in [0.25, 0.3) is 11.6 Å². The molecule has 0 aliphatic rings. The van der Waals surface area contributed by atoms with Crippen LogP contribution in [-0.4, -0.2) is 58.4 Å². The fraction of sp³-hybridized carbons (Fsp3) is 0.250. The zero-order valence-corrected chi connectivity index (χ0v) is 18.6. The summed E-state index contributed by atoms with van der Waals surface area (Å²) in [6.45, 7) is -1.61. The van der Waals surface area contributed by atoms with Crippen LogP contribution in [0.4, 0.5) is 11.4 Å². The standard InChI is InChI=1S/C20H22N4O8S/c1-23(2)16-9-8-15(11-17(16)24(28)29)33(30,31)21-12-20(27)32-13-19(26)22-18(25)10-14-6-4-3-5-7-14/h3-9,11,21H,10,12-13H2,1-2H3,(H,22,25,26). The third kappa shape index (κ3) is 7.66. The number of carbonyl (C=O) groups is 3. The number of carbonyl (C=O) groups excluding carboxylic acids is 3. The molecule has 0 atom stereocenters. The lowest BCUT2D eigenvalue weighted by atomic mass is 10.1. The highest BCUT2D eigenvalue weighted by molar-refractivity contribution is 7.89. The maximum atomic E-state index is 12.4. The van der Waals surface area contributed by atoms with Gasteiger partial charge in [-0.2, -0.15) is 4.72 Å². The molecular weight excluding hydrogens is 456 g/mol. The molecule has 12 nitrogen and oxygen atoms in total. The van der Waals surface area contributed by atoms with Crippen LogP contribution in [-0.2, 0) is 35.6 Å². The minimum atomic E-state index is -4.27. The predicted octanol–water partition coefficient (Wildman–Crippen LogP) is 0.368. The van der Waals surface area contributed by atoms with Crippen molar-refractivity contribution in [2.45, 2.75) is 11.3 Å². The van der Waals surface area contributed by atoms with Crippen LogP contribution in [0.5, 0.6) is 0 Å². The summed E-state index contributed by atoms with van der Waals surface area (Å²) in [6, 6.07) is 12.0. The Morgan fingerprint density at radius 1 is 1.06 bits per heavy atom. The number of sulfonamides is 1. The summed E-state index contributed by atoms with van der Waals surface area (Å²) in [5, 5.41) is 13.3. The highest BCUT2D eigenvalue weighted by Gasteiger charge is 2.23. The molecule has 0 heterocycles. The van der Waals surface area contributed by atoms with Crippen LogP contribution >= 0.6 is 0 Å². The molecule has 0 unspecified atom stereocenters. The first-order valence-corrected chi connectivity index (χ1v) is 11.0. The Hall–Kier alpha value is -3.84. The topological polar surface area (TPSA) is 165 Å². The van der Waals surface area contributed by atoms with Gasteiger partial charge in [0.05, 0.1) is 16.2 Å². The fourth-order valence-corrected chi connectivity index (χ4v) is 3.63. The van der Waals surface area contributed by atoms with Gasteiger partial charge in [0, 0.05) is 20.2 Å². The highest BCUT2D eigenvalue weighted by Crippen LogP contribution is 2.29. The molecule has 13 heteroatoms. The van der Waals surface area contributed by atoms with E-state index in [0.717, 1.165) is 12.1 Å². The van der Waals surface area contributed by atoms with Crippen molar-refractivity contribution in [1.29, 1.82) is 0 Å². The van der Waals surface area contributed by atoms with Gasteiger partial charge in [0.15, 0.2) is 6.61 Å². The van der Waals surface area contributed by atoms with Crippen LogP contribution in [0, 0.1) is 10.1 Å². The SMILES string of the molecule is CN(C)c1ccc(S(=O)(=O)NCC(=O)OCC(=O)NC(=O)Cc2ccccc2)cc1[N+](=O)[O-]. The molecular formula is C20H22N4O8S. The third-order valence-corrected chi connectivity index (χ3v) is 5.59. The minimum Gasteiger partial charge on any atom is -0.455 e. The number of nitrogens with one attached hydrogen (secondary N) is 2. The summed E-state index contributed by atoms with van der Waals surface area (Å²) in [5.74, 6) is -2.55. The number of hydrogen-bond donors (Lipinski definition) is 2. The molecule has 0 radical (unpaired) electrons. The number of hydrogen-bond acceptors (Lipinski definition) is 9. The van der Waals surface area contributed by atoms with E-state index in [4.69, 9.17) is 0 Å². The number of anilines is 1. The molecule has 2 aromatic rings. The Balaban J connectivity index is 1.87. The normalized spacial score (nSPS) is 10.8. The molecule has 176 valence electrons. The molecule has 0 saturated carbocycles. The maximum Gasteiger partial charge on any atom is 0.321 e. The second-order valence-corrected chi connectivity index (χ2v) is 8.69. The van der Waals surface area contributed by atoms with E-state index in [9.17, 15) is 32.9 Å². The average molecular weight is 478 g/mol. The Kier molecular flexibility index (Phi) is 8.59. The van der Waals surface area contributed by atoms with Crippen LogP contribution < -0.4 is 14.9 Å². The highest BCUT2D eigenvalue weighted by atomic mass is 32.2. The zero-order valence-electron chi connectivity index (χ0n) is 17.8. The van der Waals surface area contributed by atoms with Crippen LogP contribution in [0.15, 0.2) is 53.4 Å². The molecule has 0 fully saturated rings. The first-order valence-electron chi connectivity index (χ1n) is 9.47.